The van der Waals surface area contributed by atoms with Gasteiger partial charge in [0.1, 0.15) is 0 Å². The molecule has 1 saturated carbocycles. The van der Waals surface area contributed by atoms with Crippen LogP contribution in [0.1, 0.15) is 19.3 Å². The molecule has 62 valence electrons. The van der Waals surface area contributed by atoms with Crippen molar-refractivity contribution < 1.29 is 14.8 Å². The third kappa shape index (κ3) is 1.09. The van der Waals surface area contributed by atoms with Crippen LogP contribution in [0.15, 0.2) is 0 Å². The maximum Gasteiger partial charge on any atom is 0.460 e. The molecule has 2 fully saturated rings. The van der Waals surface area contributed by atoms with Gasteiger partial charge in [-0.25, -0.2) is 0 Å². The highest BCUT2D eigenvalue weighted by Crippen LogP contribution is 2.63. The van der Waals surface area contributed by atoms with E-state index < -0.39 is 7.12 Å². The van der Waals surface area contributed by atoms with E-state index in [9.17, 15) is 0 Å². The summed E-state index contributed by atoms with van der Waals surface area (Å²) >= 11 is 0. The number of rotatable bonds is 1. The summed E-state index contributed by atoms with van der Waals surface area (Å²) in [4.78, 5) is 0. The first-order valence-corrected chi connectivity index (χ1v) is 4.19. The van der Waals surface area contributed by atoms with Gasteiger partial charge in [0, 0.05) is 11.9 Å². The highest BCUT2D eigenvalue weighted by Gasteiger charge is 2.61. The fourth-order valence-corrected chi connectivity index (χ4v) is 2.05. The van der Waals surface area contributed by atoms with Gasteiger partial charge in [-0.1, -0.05) is 0 Å². The Hall–Kier alpha value is -0.0551. The second-order valence-corrected chi connectivity index (χ2v) is 3.70. The predicted octanol–water partition coefficient (Wildman–Crippen LogP) is 0.0299. The van der Waals surface area contributed by atoms with Crippen LogP contribution in [0.5, 0.6) is 0 Å². The maximum absolute atomic E-state index is 9.08. The fraction of sp³-hybridized carbons (Fsp3) is 1.00. The third-order valence-corrected chi connectivity index (χ3v) is 3.01. The van der Waals surface area contributed by atoms with Crippen LogP contribution in [-0.2, 0) is 4.74 Å². The molecule has 2 atom stereocenters. The molecule has 0 radical (unpaired) electrons. The largest absolute Gasteiger partial charge is 0.460 e. The Bertz CT molecular complexity index is 162. The molecule has 2 aliphatic rings. The van der Waals surface area contributed by atoms with Crippen LogP contribution in [0.3, 0.4) is 0 Å². The topological polar surface area (TPSA) is 49.7 Å². The Balaban J connectivity index is 2.04. The van der Waals surface area contributed by atoms with Gasteiger partial charge in [0.2, 0.25) is 0 Å². The Kier molecular flexibility index (Phi) is 1.70. The van der Waals surface area contributed by atoms with Crippen LogP contribution in [0.2, 0.25) is 5.31 Å². The second-order valence-electron chi connectivity index (χ2n) is 3.70. The quantitative estimate of drug-likeness (QED) is 0.526. The Morgan fingerprint density at radius 3 is 3.00 bits per heavy atom. The lowest BCUT2D eigenvalue weighted by Crippen LogP contribution is -2.26. The summed E-state index contributed by atoms with van der Waals surface area (Å²) in [7, 11) is -1.18. The van der Waals surface area contributed by atoms with E-state index in [1.807, 2.05) is 0 Å². The molecule has 0 amide bonds. The molecular weight excluding hydrogens is 143 g/mol. The van der Waals surface area contributed by atoms with Crippen molar-refractivity contribution in [3.05, 3.63) is 0 Å². The molecule has 0 aromatic heterocycles. The van der Waals surface area contributed by atoms with Crippen molar-refractivity contribution >= 4 is 7.12 Å². The number of fused-ring (bicyclic) bond motifs is 1. The van der Waals surface area contributed by atoms with Crippen LogP contribution in [0.25, 0.3) is 0 Å². The highest BCUT2D eigenvalue weighted by atomic mass is 16.5. The first kappa shape index (κ1) is 7.59. The van der Waals surface area contributed by atoms with Crippen LogP contribution in [-0.4, -0.2) is 30.4 Å². The molecule has 1 aliphatic heterocycles. The van der Waals surface area contributed by atoms with Crippen LogP contribution in [0, 0.1) is 5.92 Å². The normalized spacial score (nSPS) is 42.5. The first-order chi connectivity index (χ1) is 5.26. The molecular formula is C7H13BO3. The van der Waals surface area contributed by atoms with Gasteiger partial charge in [0.05, 0.1) is 6.61 Å². The molecule has 0 spiro atoms. The van der Waals surface area contributed by atoms with Gasteiger partial charge in [0.15, 0.2) is 0 Å². The predicted molar refractivity (Wildman–Crippen MR) is 41.0 cm³/mol. The fourth-order valence-electron chi connectivity index (χ4n) is 2.05. The third-order valence-electron chi connectivity index (χ3n) is 3.01. The van der Waals surface area contributed by atoms with E-state index in [4.69, 9.17) is 14.8 Å². The maximum atomic E-state index is 9.08. The minimum Gasteiger partial charge on any atom is -0.427 e. The summed E-state index contributed by atoms with van der Waals surface area (Å²) in [5.41, 5.74) is 0. The van der Waals surface area contributed by atoms with Crippen LogP contribution >= 0.6 is 0 Å². The molecule has 3 nitrogen and oxygen atoms in total. The summed E-state index contributed by atoms with van der Waals surface area (Å²) in [5, 5.41) is 17.9. The Morgan fingerprint density at radius 2 is 2.27 bits per heavy atom. The smallest absolute Gasteiger partial charge is 0.427 e. The summed E-state index contributed by atoms with van der Waals surface area (Å²) in [6.07, 6.45) is 3.10. The molecule has 0 aromatic rings. The van der Waals surface area contributed by atoms with Crippen molar-refractivity contribution in [2.45, 2.75) is 24.6 Å². The summed E-state index contributed by atoms with van der Waals surface area (Å²) in [6.45, 7) is 1.32. The lowest BCUT2D eigenvalue weighted by molar-refractivity contribution is 0.127. The zero-order valence-corrected chi connectivity index (χ0v) is 6.49. The van der Waals surface area contributed by atoms with Crippen molar-refractivity contribution in [2.24, 2.45) is 5.92 Å². The molecule has 11 heavy (non-hydrogen) atoms. The molecule has 4 heteroatoms. The van der Waals surface area contributed by atoms with Gasteiger partial charge in [-0.05, 0) is 25.2 Å². The monoisotopic (exact) mass is 156 g/mol. The second kappa shape index (κ2) is 2.47. The molecule has 0 bridgehead atoms. The minimum atomic E-state index is -1.18. The average molecular weight is 156 g/mol. The Morgan fingerprint density at radius 1 is 1.45 bits per heavy atom. The molecule has 1 saturated heterocycles. The average Bonchev–Trinajstić information content (AvgIpc) is 2.57. The Labute approximate surface area is 66.5 Å². The van der Waals surface area contributed by atoms with Crippen LogP contribution < -0.4 is 0 Å². The van der Waals surface area contributed by atoms with Gasteiger partial charge in [-0.15, -0.1) is 0 Å². The molecule has 1 heterocycles. The van der Waals surface area contributed by atoms with Crippen molar-refractivity contribution in [3.8, 4) is 0 Å². The first-order valence-electron chi connectivity index (χ1n) is 4.19. The van der Waals surface area contributed by atoms with Gasteiger partial charge >= 0.3 is 7.12 Å². The summed E-state index contributed by atoms with van der Waals surface area (Å²) < 4.78 is 5.29. The van der Waals surface area contributed by atoms with Crippen molar-refractivity contribution in [1.29, 1.82) is 0 Å². The van der Waals surface area contributed by atoms with Gasteiger partial charge in [-0.3, -0.25) is 0 Å². The van der Waals surface area contributed by atoms with E-state index in [2.05, 4.69) is 0 Å². The molecule has 0 aromatic carbocycles. The van der Waals surface area contributed by atoms with Gasteiger partial charge < -0.3 is 14.8 Å². The van der Waals surface area contributed by atoms with Gasteiger partial charge in [0.25, 0.3) is 0 Å². The van der Waals surface area contributed by atoms with E-state index in [0.29, 0.717) is 12.5 Å². The zero-order valence-electron chi connectivity index (χ0n) is 6.49. The lowest BCUT2D eigenvalue weighted by atomic mass is 9.67. The SMILES string of the molecule is OB(O)[C@@]12COCCC[C@@H]1C2. The lowest BCUT2D eigenvalue weighted by Gasteiger charge is -2.12. The summed E-state index contributed by atoms with van der Waals surface area (Å²) in [5.74, 6) is 0.505. The molecule has 2 N–H and O–H groups in total. The van der Waals surface area contributed by atoms with Crippen LogP contribution in [0.4, 0.5) is 0 Å². The van der Waals surface area contributed by atoms with E-state index >= 15 is 0 Å². The van der Waals surface area contributed by atoms with Crippen molar-refractivity contribution in [1.82, 2.24) is 0 Å². The van der Waals surface area contributed by atoms with Gasteiger partial charge in [-0.2, -0.15) is 0 Å². The minimum absolute atomic E-state index is 0.281. The zero-order chi connectivity index (χ0) is 7.90. The van der Waals surface area contributed by atoms with E-state index in [-0.39, 0.29) is 5.31 Å². The van der Waals surface area contributed by atoms with E-state index in [1.165, 1.54) is 0 Å². The number of hydrogen-bond acceptors (Lipinski definition) is 3. The molecule has 2 rings (SSSR count). The van der Waals surface area contributed by atoms with Crippen molar-refractivity contribution in [2.75, 3.05) is 13.2 Å². The highest BCUT2D eigenvalue weighted by molar-refractivity contribution is 6.47. The standard InChI is InChI=1S/C7H13BO3/c9-8(10)7-4-6(7)2-1-3-11-5-7/h6,9-10H,1-5H2/t6-,7+/m1/s1. The van der Waals surface area contributed by atoms with Crippen molar-refractivity contribution in [3.63, 3.8) is 0 Å². The summed E-state index contributed by atoms with van der Waals surface area (Å²) in [6, 6.07) is 0. The van der Waals surface area contributed by atoms with E-state index in [1.54, 1.807) is 0 Å². The number of hydrogen-bond donors (Lipinski definition) is 2. The van der Waals surface area contributed by atoms with E-state index in [0.717, 1.165) is 25.9 Å². The molecule has 1 aliphatic carbocycles. The number of ether oxygens (including phenoxy) is 1. The molecule has 0 unspecified atom stereocenters.